The van der Waals surface area contributed by atoms with Crippen molar-refractivity contribution >= 4 is 16.9 Å². The van der Waals surface area contributed by atoms with Crippen LogP contribution in [0.1, 0.15) is 18.4 Å². The smallest absolute Gasteiger partial charge is 0.408 e. The van der Waals surface area contributed by atoms with Crippen molar-refractivity contribution in [1.29, 1.82) is 0 Å². The molecule has 1 aromatic carbocycles. The van der Waals surface area contributed by atoms with Gasteiger partial charge in [0.2, 0.25) is 0 Å². The monoisotopic (exact) mass is 284 g/mol. The molecular weight excluding hydrogens is 268 g/mol. The number of oxazole rings is 1. The number of aromatic nitrogens is 3. The number of rotatable bonds is 4. The Morgan fingerprint density at radius 1 is 1.29 bits per heavy atom. The second-order valence-electron chi connectivity index (χ2n) is 4.76. The zero-order valence-electron chi connectivity index (χ0n) is 12.0. The lowest BCUT2D eigenvalue weighted by Gasteiger charge is -2.07. The summed E-state index contributed by atoms with van der Waals surface area (Å²) in [6.07, 6.45) is 0. The van der Waals surface area contributed by atoms with Crippen LogP contribution in [0, 0.1) is 6.92 Å². The number of nitrogens with zero attached hydrogens (tertiary/aromatic N) is 3. The first kappa shape index (κ1) is 13.4. The number of para-hydroxylation sites is 2. The average molecular weight is 284 g/mol. The molecule has 2 aromatic heterocycles. The normalized spacial score (nSPS) is 11.0. The minimum absolute atomic E-state index is 0.288. The molecule has 2 heterocycles. The summed E-state index contributed by atoms with van der Waals surface area (Å²) in [4.78, 5) is 20.8. The van der Waals surface area contributed by atoms with E-state index in [2.05, 4.69) is 15.3 Å². The number of anilines is 1. The fourth-order valence-corrected chi connectivity index (χ4v) is 2.28. The predicted molar refractivity (Wildman–Crippen MR) is 80.5 cm³/mol. The van der Waals surface area contributed by atoms with E-state index in [9.17, 15) is 4.79 Å². The molecule has 0 unspecified atom stereocenters. The third kappa shape index (κ3) is 2.65. The fraction of sp³-hybridized carbons (Fsp3) is 0.267. The van der Waals surface area contributed by atoms with Gasteiger partial charge in [-0.25, -0.2) is 14.8 Å². The molecule has 3 rings (SSSR count). The molecule has 0 aliphatic heterocycles. The third-order valence-electron chi connectivity index (χ3n) is 3.13. The summed E-state index contributed by atoms with van der Waals surface area (Å²) in [5, 5.41) is 3.16. The summed E-state index contributed by atoms with van der Waals surface area (Å²) in [5.74, 6) is 0.951. The lowest BCUT2D eigenvalue weighted by atomic mass is 10.3. The molecule has 0 spiro atoms. The van der Waals surface area contributed by atoms with E-state index in [4.69, 9.17) is 4.42 Å². The highest BCUT2D eigenvalue weighted by Gasteiger charge is 2.11. The van der Waals surface area contributed by atoms with Gasteiger partial charge in [0.15, 0.2) is 11.4 Å². The molecule has 0 saturated carbocycles. The molecule has 108 valence electrons. The molecule has 0 fully saturated rings. The Morgan fingerprint density at radius 2 is 2.10 bits per heavy atom. The van der Waals surface area contributed by atoms with E-state index in [1.165, 1.54) is 0 Å². The summed E-state index contributed by atoms with van der Waals surface area (Å²) in [6, 6.07) is 9.20. The largest absolute Gasteiger partial charge is 0.420 e. The average Bonchev–Trinajstić information content (AvgIpc) is 2.75. The molecule has 0 aliphatic carbocycles. The molecule has 0 saturated heterocycles. The van der Waals surface area contributed by atoms with Gasteiger partial charge in [0, 0.05) is 18.3 Å². The second kappa shape index (κ2) is 5.40. The first-order chi connectivity index (χ1) is 10.2. The molecular formula is C15H16N4O2. The van der Waals surface area contributed by atoms with E-state index in [-0.39, 0.29) is 6.54 Å². The maximum Gasteiger partial charge on any atom is 0.420 e. The topological polar surface area (TPSA) is 73.0 Å². The van der Waals surface area contributed by atoms with Crippen LogP contribution in [0.5, 0.6) is 0 Å². The molecule has 0 amide bonds. The minimum atomic E-state index is -0.397. The van der Waals surface area contributed by atoms with Crippen LogP contribution in [0.2, 0.25) is 0 Å². The lowest BCUT2D eigenvalue weighted by molar-refractivity contribution is 0.513. The van der Waals surface area contributed by atoms with Crippen molar-refractivity contribution in [3.63, 3.8) is 0 Å². The van der Waals surface area contributed by atoms with Gasteiger partial charge in [0.05, 0.1) is 12.1 Å². The highest BCUT2D eigenvalue weighted by atomic mass is 16.4. The quantitative estimate of drug-likeness (QED) is 0.795. The van der Waals surface area contributed by atoms with Gasteiger partial charge in [-0.1, -0.05) is 12.1 Å². The van der Waals surface area contributed by atoms with Gasteiger partial charge >= 0.3 is 5.76 Å². The van der Waals surface area contributed by atoms with Gasteiger partial charge in [0.1, 0.15) is 5.82 Å². The van der Waals surface area contributed by atoms with E-state index >= 15 is 0 Å². The Balaban J connectivity index is 2.02. The van der Waals surface area contributed by atoms with Crippen molar-refractivity contribution < 1.29 is 4.42 Å². The van der Waals surface area contributed by atoms with E-state index in [1.807, 2.05) is 38.1 Å². The highest BCUT2D eigenvalue weighted by molar-refractivity contribution is 5.72. The third-order valence-corrected chi connectivity index (χ3v) is 3.13. The van der Waals surface area contributed by atoms with Gasteiger partial charge in [-0.05, 0) is 26.0 Å². The van der Waals surface area contributed by atoms with Gasteiger partial charge in [-0.2, -0.15) is 0 Å². The Morgan fingerprint density at radius 3 is 2.90 bits per heavy atom. The zero-order valence-corrected chi connectivity index (χ0v) is 12.0. The standard InChI is InChI=1S/C15H16N4O2/c1-3-16-13-8-10(2)17-14(18-13)9-19-11-6-4-5-7-12(11)21-15(19)20/h4-8H,3,9H2,1-2H3,(H,16,17,18). The Bertz CT molecular complexity index is 835. The fourth-order valence-electron chi connectivity index (χ4n) is 2.28. The summed E-state index contributed by atoms with van der Waals surface area (Å²) < 4.78 is 6.76. The van der Waals surface area contributed by atoms with E-state index in [0.717, 1.165) is 23.6 Å². The minimum Gasteiger partial charge on any atom is -0.408 e. The number of fused-ring (bicyclic) bond motifs is 1. The van der Waals surface area contributed by atoms with Crippen LogP contribution in [0.25, 0.3) is 11.1 Å². The van der Waals surface area contributed by atoms with E-state index < -0.39 is 5.76 Å². The van der Waals surface area contributed by atoms with Crippen LogP contribution < -0.4 is 11.1 Å². The highest BCUT2D eigenvalue weighted by Crippen LogP contribution is 2.13. The summed E-state index contributed by atoms with van der Waals surface area (Å²) >= 11 is 0. The van der Waals surface area contributed by atoms with E-state index in [1.54, 1.807) is 10.6 Å². The predicted octanol–water partition coefficient (Wildman–Crippen LogP) is 2.17. The van der Waals surface area contributed by atoms with Crippen LogP contribution in [0.4, 0.5) is 5.82 Å². The number of hydrogen-bond donors (Lipinski definition) is 1. The zero-order chi connectivity index (χ0) is 14.8. The first-order valence-electron chi connectivity index (χ1n) is 6.84. The van der Waals surface area contributed by atoms with Gasteiger partial charge < -0.3 is 9.73 Å². The van der Waals surface area contributed by atoms with Crippen molar-refractivity contribution in [1.82, 2.24) is 14.5 Å². The lowest BCUT2D eigenvalue weighted by Crippen LogP contribution is -2.17. The molecule has 3 aromatic rings. The van der Waals surface area contributed by atoms with Gasteiger partial charge in [-0.3, -0.25) is 4.57 Å². The van der Waals surface area contributed by atoms with Crippen molar-refractivity contribution in [2.75, 3.05) is 11.9 Å². The Kier molecular flexibility index (Phi) is 3.43. The van der Waals surface area contributed by atoms with E-state index in [0.29, 0.717) is 11.4 Å². The molecule has 21 heavy (non-hydrogen) atoms. The molecule has 0 bridgehead atoms. The number of hydrogen-bond acceptors (Lipinski definition) is 5. The van der Waals surface area contributed by atoms with Crippen LogP contribution in [-0.4, -0.2) is 21.1 Å². The van der Waals surface area contributed by atoms with Crippen molar-refractivity contribution in [2.24, 2.45) is 0 Å². The second-order valence-corrected chi connectivity index (χ2v) is 4.76. The molecule has 0 atom stereocenters. The van der Waals surface area contributed by atoms with Gasteiger partial charge in [-0.15, -0.1) is 0 Å². The Labute approximate surface area is 121 Å². The summed E-state index contributed by atoms with van der Waals surface area (Å²) in [6.45, 7) is 4.98. The summed E-state index contributed by atoms with van der Waals surface area (Å²) in [7, 11) is 0. The molecule has 0 aliphatic rings. The Hall–Kier alpha value is -2.63. The van der Waals surface area contributed by atoms with Gasteiger partial charge in [0.25, 0.3) is 0 Å². The van der Waals surface area contributed by atoms with Crippen molar-refractivity contribution in [3.8, 4) is 0 Å². The van der Waals surface area contributed by atoms with Crippen LogP contribution in [-0.2, 0) is 6.54 Å². The molecule has 6 heteroatoms. The molecule has 0 radical (unpaired) electrons. The summed E-state index contributed by atoms with van der Waals surface area (Å²) in [5.41, 5.74) is 2.18. The van der Waals surface area contributed by atoms with Crippen molar-refractivity contribution in [3.05, 3.63) is 52.4 Å². The van der Waals surface area contributed by atoms with Crippen LogP contribution in [0.3, 0.4) is 0 Å². The SMILES string of the molecule is CCNc1cc(C)nc(Cn2c(=O)oc3ccccc32)n1. The van der Waals surface area contributed by atoms with Crippen LogP contribution >= 0.6 is 0 Å². The van der Waals surface area contributed by atoms with Crippen molar-refractivity contribution in [2.45, 2.75) is 20.4 Å². The first-order valence-corrected chi connectivity index (χ1v) is 6.84. The molecule has 6 nitrogen and oxygen atoms in total. The maximum atomic E-state index is 12.0. The number of aryl methyl sites for hydroxylation is 1. The maximum absolute atomic E-state index is 12.0. The number of nitrogens with one attached hydrogen (secondary N) is 1. The number of benzene rings is 1. The van der Waals surface area contributed by atoms with Crippen LogP contribution in [0.15, 0.2) is 39.5 Å². The molecule has 1 N–H and O–H groups in total.